The lowest BCUT2D eigenvalue weighted by Crippen LogP contribution is -2.39. The van der Waals surface area contributed by atoms with Gasteiger partial charge in [0.1, 0.15) is 18.0 Å². The van der Waals surface area contributed by atoms with Gasteiger partial charge in [0, 0.05) is 29.4 Å². The smallest absolute Gasteiger partial charge is 0.141 e. The van der Waals surface area contributed by atoms with Crippen LogP contribution in [0.2, 0.25) is 5.02 Å². The quantitative estimate of drug-likeness (QED) is 0.380. The van der Waals surface area contributed by atoms with Crippen LogP contribution in [0.4, 0.5) is 15.9 Å². The van der Waals surface area contributed by atoms with E-state index in [1.807, 2.05) is 0 Å². The predicted molar refractivity (Wildman–Crippen MR) is 143 cm³/mol. The number of hydrogen-bond acceptors (Lipinski definition) is 4. The van der Waals surface area contributed by atoms with Crippen LogP contribution in [-0.4, -0.2) is 27.5 Å². The molecule has 1 aliphatic carbocycles. The molecule has 184 valence electrons. The fourth-order valence-corrected chi connectivity index (χ4v) is 6.03. The highest BCUT2D eigenvalue weighted by Gasteiger charge is 2.28. The molecule has 1 N–H and O–H groups in total. The molecule has 3 aromatic rings. The third kappa shape index (κ3) is 5.30. The average molecular weight is 493 g/mol. The second-order valence-corrected chi connectivity index (χ2v) is 10.5. The van der Waals surface area contributed by atoms with Crippen LogP contribution in [0.25, 0.3) is 10.9 Å². The molecule has 1 saturated heterocycles. The summed E-state index contributed by atoms with van der Waals surface area (Å²) in [6.45, 7) is 7.74. The SMILES string of the molecule is C=C1CCCCN1C1CCC(Cc2cc3c(Nc4ccc(F)c(Cl)c4)ncnc3cc2CC)CC1. The highest BCUT2D eigenvalue weighted by atomic mass is 35.5. The number of halogens is 2. The molecule has 2 fully saturated rings. The predicted octanol–water partition coefficient (Wildman–Crippen LogP) is 7.83. The van der Waals surface area contributed by atoms with Crippen LogP contribution in [0.5, 0.6) is 0 Å². The van der Waals surface area contributed by atoms with Crippen molar-refractivity contribution in [3.63, 3.8) is 0 Å². The summed E-state index contributed by atoms with van der Waals surface area (Å²) in [5.74, 6) is 0.983. The largest absolute Gasteiger partial charge is 0.372 e. The molecule has 0 bridgehead atoms. The molecule has 6 heteroatoms. The summed E-state index contributed by atoms with van der Waals surface area (Å²) in [6, 6.07) is 9.77. The van der Waals surface area contributed by atoms with Crippen molar-refractivity contribution in [1.82, 2.24) is 14.9 Å². The van der Waals surface area contributed by atoms with Crippen LogP contribution in [0, 0.1) is 11.7 Å². The lowest BCUT2D eigenvalue weighted by molar-refractivity contribution is 0.152. The zero-order valence-electron chi connectivity index (χ0n) is 20.5. The van der Waals surface area contributed by atoms with E-state index < -0.39 is 5.82 Å². The van der Waals surface area contributed by atoms with Crippen molar-refractivity contribution in [3.8, 4) is 0 Å². The molecule has 5 rings (SSSR count). The summed E-state index contributed by atoms with van der Waals surface area (Å²) in [6.07, 6.45) is 12.5. The maximum Gasteiger partial charge on any atom is 0.141 e. The molecular formula is C29H34ClFN4. The monoisotopic (exact) mass is 492 g/mol. The molecule has 1 saturated carbocycles. The number of aromatic nitrogens is 2. The molecule has 4 nitrogen and oxygen atoms in total. The molecule has 0 spiro atoms. The van der Waals surface area contributed by atoms with Gasteiger partial charge in [-0.3, -0.25) is 0 Å². The van der Waals surface area contributed by atoms with E-state index in [-0.39, 0.29) is 5.02 Å². The number of fused-ring (bicyclic) bond motifs is 1. The minimum Gasteiger partial charge on any atom is -0.372 e. The Morgan fingerprint density at radius 3 is 2.66 bits per heavy atom. The maximum absolute atomic E-state index is 13.6. The van der Waals surface area contributed by atoms with E-state index in [0.717, 1.165) is 23.7 Å². The Hall–Kier alpha value is -2.66. The van der Waals surface area contributed by atoms with E-state index >= 15 is 0 Å². The zero-order chi connectivity index (χ0) is 24.4. The summed E-state index contributed by atoms with van der Waals surface area (Å²) in [4.78, 5) is 11.6. The number of allylic oxidation sites excluding steroid dienone is 1. The Morgan fingerprint density at radius 2 is 1.91 bits per heavy atom. The molecule has 1 aromatic heterocycles. The molecule has 2 aromatic carbocycles. The first kappa shape index (κ1) is 24.1. The Morgan fingerprint density at radius 1 is 1.09 bits per heavy atom. The number of rotatable bonds is 6. The number of nitrogens with zero attached hydrogens (tertiary/aromatic N) is 3. The zero-order valence-corrected chi connectivity index (χ0v) is 21.3. The maximum atomic E-state index is 13.6. The summed E-state index contributed by atoms with van der Waals surface area (Å²) < 4.78 is 13.6. The Labute approximate surface area is 212 Å². The molecule has 2 heterocycles. The minimum atomic E-state index is -0.432. The summed E-state index contributed by atoms with van der Waals surface area (Å²) in [5.41, 5.74) is 5.73. The lowest BCUT2D eigenvalue weighted by atomic mass is 9.80. The second kappa shape index (κ2) is 10.5. The molecule has 0 atom stereocenters. The van der Waals surface area contributed by atoms with Gasteiger partial charge in [0.05, 0.1) is 10.5 Å². The van der Waals surface area contributed by atoms with Crippen LogP contribution in [0.3, 0.4) is 0 Å². The molecular weight excluding hydrogens is 459 g/mol. The topological polar surface area (TPSA) is 41.0 Å². The Kier molecular flexibility index (Phi) is 7.24. The second-order valence-electron chi connectivity index (χ2n) is 10.1. The number of benzene rings is 2. The van der Waals surface area contributed by atoms with Gasteiger partial charge in [0.15, 0.2) is 0 Å². The first-order valence-electron chi connectivity index (χ1n) is 12.9. The third-order valence-corrected chi connectivity index (χ3v) is 8.10. The number of anilines is 2. The molecule has 35 heavy (non-hydrogen) atoms. The normalized spacial score (nSPS) is 20.9. The molecule has 0 radical (unpaired) electrons. The van der Waals surface area contributed by atoms with Crippen molar-refractivity contribution in [3.05, 3.63) is 70.9 Å². The molecule has 2 aliphatic rings. The van der Waals surface area contributed by atoms with E-state index in [9.17, 15) is 4.39 Å². The first-order chi connectivity index (χ1) is 17.0. The number of aryl methyl sites for hydroxylation is 1. The van der Waals surface area contributed by atoms with Crippen molar-refractivity contribution >= 4 is 34.0 Å². The van der Waals surface area contributed by atoms with E-state index in [4.69, 9.17) is 11.6 Å². The van der Waals surface area contributed by atoms with Gasteiger partial charge in [-0.05, 0) is 105 Å². The van der Waals surface area contributed by atoms with Gasteiger partial charge in [-0.25, -0.2) is 14.4 Å². The van der Waals surface area contributed by atoms with E-state index in [1.165, 1.54) is 74.4 Å². The van der Waals surface area contributed by atoms with Crippen molar-refractivity contribution in [2.75, 3.05) is 11.9 Å². The Balaban J connectivity index is 1.34. The van der Waals surface area contributed by atoms with Crippen LogP contribution >= 0.6 is 11.6 Å². The van der Waals surface area contributed by atoms with Crippen molar-refractivity contribution in [2.45, 2.75) is 70.8 Å². The number of hydrogen-bond donors (Lipinski definition) is 1. The van der Waals surface area contributed by atoms with Gasteiger partial charge >= 0.3 is 0 Å². The fourth-order valence-electron chi connectivity index (χ4n) is 5.85. The van der Waals surface area contributed by atoms with E-state index in [2.05, 4.69) is 45.8 Å². The standard InChI is InChI=1S/C29H34ClFN4/c1-3-21-16-28-25(29(33-18-32-28)34-23-9-12-27(31)26(30)17-23)15-22(21)14-20-7-10-24(11-8-20)35-13-5-4-6-19(35)2/h9,12,15-18,20,24H,2-8,10-11,13-14H2,1H3,(H,32,33,34). The van der Waals surface area contributed by atoms with Gasteiger partial charge in [-0.2, -0.15) is 0 Å². The van der Waals surface area contributed by atoms with E-state index in [0.29, 0.717) is 23.5 Å². The highest BCUT2D eigenvalue weighted by Crippen LogP contribution is 2.35. The summed E-state index contributed by atoms with van der Waals surface area (Å²) in [7, 11) is 0. The van der Waals surface area contributed by atoms with Crippen LogP contribution in [0.15, 0.2) is 48.9 Å². The van der Waals surface area contributed by atoms with Gasteiger partial charge in [-0.15, -0.1) is 0 Å². The van der Waals surface area contributed by atoms with Gasteiger partial charge in [-0.1, -0.05) is 25.1 Å². The van der Waals surface area contributed by atoms with Crippen molar-refractivity contribution in [1.29, 1.82) is 0 Å². The van der Waals surface area contributed by atoms with Crippen LogP contribution < -0.4 is 5.32 Å². The average Bonchev–Trinajstić information content (AvgIpc) is 2.87. The molecule has 0 amide bonds. The van der Waals surface area contributed by atoms with Gasteiger partial charge < -0.3 is 10.2 Å². The van der Waals surface area contributed by atoms with Crippen molar-refractivity contribution in [2.24, 2.45) is 5.92 Å². The molecule has 1 aliphatic heterocycles. The van der Waals surface area contributed by atoms with Gasteiger partial charge in [0.25, 0.3) is 0 Å². The number of nitrogens with one attached hydrogen (secondary N) is 1. The number of piperidine rings is 1. The highest BCUT2D eigenvalue weighted by molar-refractivity contribution is 6.31. The van der Waals surface area contributed by atoms with E-state index in [1.54, 1.807) is 18.5 Å². The third-order valence-electron chi connectivity index (χ3n) is 7.81. The van der Waals surface area contributed by atoms with Gasteiger partial charge in [0.2, 0.25) is 0 Å². The lowest BCUT2D eigenvalue weighted by Gasteiger charge is -2.41. The fraction of sp³-hybridized carbons (Fsp3) is 0.448. The molecule has 0 unspecified atom stereocenters. The van der Waals surface area contributed by atoms with Crippen LogP contribution in [-0.2, 0) is 12.8 Å². The Bertz CT molecular complexity index is 1220. The summed E-state index contributed by atoms with van der Waals surface area (Å²) in [5, 5.41) is 4.39. The first-order valence-corrected chi connectivity index (χ1v) is 13.3. The van der Waals surface area contributed by atoms with Crippen molar-refractivity contribution < 1.29 is 4.39 Å². The summed E-state index contributed by atoms with van der Waals surface area (Å²) >= 11 is 5.98. The van der Waals surface area contributed by atoms with Crippen LogP contribution in [0.1, 0.15) is 63.0 Å². The minimum absolute atomic E-state index is 0.0889. The number of likely N-dealkylation sites (tertiary alicyclic amines) is 1.